The van der Waals surface area contributed by atoms with Crippen molar-refractivity contribution in [2.75, 3.05) is 18.2 Å². The smallest absolute Gasteiger partial charge is 0.273 e. The highest BCUT2D eigenvalue weighted by Gasteiger charge is 2.28. The van der Waals surface area contributed by atoms with Crippen molar-refractivity contribution in [1.29, 1.82) is 0 Å². The van der Waals surface area contributed by atoms with Crippen molar-refractivity contribution in [3.05, 3.63) is 112 Å². The second kappa shape index (κ2) is 11.8. The molecular formula is C29H24BrN3O6S. The lowest BCUT2D eigenvalue weighted by atomic mass is 10.1. The molecule has 11 heteroatoms. The lowest BCUT2D eigenvalue weighted by Crippen LogP contribution is -2.33. The van der Waals surface area contributed by atoms with Crippen molar-refractivity contribution < 1.29 is 27.4 Å². The van der Waals surface area contributed by atoms with Crippen LogP contribution in [-0.2, 0) is 16.6 Å². The predicted molar refractivity (Wildman–Crippen MR) is 155 cm³/mol. The summed E-state index contributed by atoms with van der Waals surface area (Å²) in [5.74, 6) is 1.13. The van der Waals surface area contributed by atoms with E-state index in [1.165, 1.54) is 29.8 Å². The van der Waals surface area contributed by atoms with E-state index in [-0.39, 0.29) is 29.5 Å². The van der Waals surface area contributed by atoms with Crippen molar-refractivity contribution in [3.63, 3.8) is 0 Å². The minimum absolute atomic E-state index is 0.00685. The largest absolute Gasteiger partial charge is 0.497 e. The molecule has 1 aliphatic rings. The number of methoxy groups -OCH3 is 1. The second-order valence-electron chi connectivity index (χ2n) is 8.62. The molecule has 204 valence electrons. The van der Waals surface area contributed by atoms with Gasteiger partial charge in [-0.05, 0) is 70.0 Å². The topological polar surface area (TPSA) is 107 Å². The van der Waals surface area contributed by atoms with E-state index in [1.807, 2.05) is 30.3 Å². The average molecular weight is 622 g/mol. The number of amides is 1. The van der Waals surface area contributed by atoms with Gasteiger partial charge in [0.1, 0.15) is 5.75 Å². The van der Waals surface area contributed by atoms with Crippen LogP contribution in [0.25, 0.3) is 0 Å². The standard InChI is InChI=1S/C29H24BrN3O6S/c1-37-22-11-13-23(14-12-22)40(35,36)33(18-20-7-3-2-4-8-20)26-10-6-5-9-24(26)29(34)32-31-17-21-15-27-28(16-25(21)30)39-19-38-27/h2-17H,18-19H2,1H3,(H,32,34)/b31-17-. The molecule has 0 unspecified atom stereocenters. The van der Waals surface area contributed by atoms with Crippen LogP contribution in [0.2, 0.25) is 0 Å². The first-order valence-corrected chi connectivity index (χ1v) is 14.3. The highest BCUT2D eigenvalue weighted by Crippen LogP contribution is 2.36. The summed E-state index contributed by atoms with van der Waals surface area (Å²) in [5.41, 5.74) is 4.26. The Balaban J connectivity index is 1.47. The Morgan fingerprint density at radius 3 is 2.40 bits per heavy atom. The molecule has 0 radical (unpaired) electrons. The fraction of sp³-hybridized carbons (Fsp3) is 0.103. The molecule has 1 aliphatic heterocycles. The van der Waals surface area contributed by atoms with Crippen LogP contribution < -0.4 is 23.9 Å². The Morgan fingerprint density at radius 2 is 1.68 bits per heavy atom. The summed E-state index contributed by atoms with van der Waals surface area (Å²) >= 11 is 3.46. The van der Waals surface area contributed by atoms with Gasteiger partial charge in [0.15, 0.2) is 11.5 Å². The lowest BCUT2D eigenvalue weighted by molar-refractivity contribution is 0.0955. The Kier molecular flexibility index (Phi) is 8.04. The number of hydrazone groups is 1. The van der Waals surface area contributed by atoms with Gasteiger partial charge in [0, 0.05) is 10.0 Å². The number of para-hydroxylation sites is 1. The summed E-state index contributed by atoms with van der Waals surface area (Å²) in [4.78, 5) is 13.4. The maximum absolute atomic E-state index is 13.9. The zero-order valence-corrected chi connectivity index (χ0v) is 23.7. The van der Waals surface area contributed by atoms with Crippen LogP contribution >= 0.6 is 15.9 Å². The molecule has 1 heterocycles. The Bertz CT molecular complexity index is 1660. The summed E-state index contributed by atoms with van der Waals surface area (Å²) in [7, 11) is -2.57. The molecule has 4 aromatic rings. The van der Waals surface area contributed by atoms with E-state index in [1.54, 1.807) is 48.5 Å². The normalized spacial score (nSPS) is 12.3. The van der Waals surface area contributed by atoms with Gasteiger partial charge in [-0.3, -0.25) is 9.10 Å². The fourth-order valence-corrected chi connectivity index (χ4v) is 5.96. The van der Waals surface area contributed by atoms with Gasteiger partial charge < -0.3 is 14.2 Å². The van der Waals surface area contributed by atoms with Gasteiger partial charge in [0.25, 0.3) is 15.9 Å². The number of carbonyl (C=O) groups is 1. The molecular weight excluding hydrogens is 598 g/mol. The third-order valence-electron chi connectivity index (χ3n) is 6.10. The number of nitrogens with one attached hydrogen (secondary N) is 1. The van der Waals surface area contributed by atoms with Gasteiger partial charge in [-0.25, -0.2) is 13.8 Å². The third-order valence-corrected chi connectivity index (χ3v) is 8.56. The van der Waals surface area contributed by atoms with Crippen molar-refractivity contribution in [2.24, 2.45) is 5.10 Å². The van der Waals surface area contributed by atoms with Crippen molar-refractivity contribution in [3.8, 4) is 17.2 Å². The van der Waals surface area contributed by atoms with Crippen molar-refractivity contribution in [1.82, 2.24) is 5.43 Å². The Labute approximate surface area is 240 Å². The highest BCUT2D eigenvalue weighted by molar-refractivity contribution is 9.10. The SMILES string of the molecule is COc1ccc(S(=O)(=O)N(Cc2ccccc2)c2ccccc2C(=O)N/N=C\c2cc3c(cc2Br)OCO3)cc1. The monoisotopic (exact) mass is 621 g/mol. The molecule has 0 aromatic heterocycles. The number of halogens is 1. The maximum Gasteiger partial charge on any atom is 0.273 e. The van der Waals surface area contributed by atoms with E-state index in [9.17, 15) is 13.2 Å². The van der Waals surface area contributed by atoms with E-state index in [0.717, 1.165) is 5.56 Å². The van der Waals surface area contributed by atoms with Gasteiger partial charge in [-0.1, -0.05) is 42.5 Å². The van der Waals surface area contributed by atoms with Crippen LogP contribution in [0.5, 0.6) is 17.2 Å². The number of anilines is 1. The minimum Gasteiger partial charge on any atom is -0.497 e. The number of hydrogen-bond donors (Lipinski definition) is 1. The molecule has 5 rings (SSSR count). The summed E-state index contributed by atoms with van der Waals surface area (Å²) < 4.78 is 45.7. The van der Waals surface area contributed by atoms with Gasteiger partial charge in [-0.15, -0.1) is 0 Å². The second-order valence-corrected chi connectivity index (χ2v) is 11.3. The maximum atomic E-state index is 13.9. The molecule has 0 saturated heterocycles. The first-order valence-electron chi connectivity index (χ1n) is 12.1. The van der Waals surface area contributed by atoms with E-state index < -0.39 is 15.9 Å². The van der Waals surface area contributed by atoms with E-state index in [0.29, 0.717) is 27.3 Å². The number of ether oxygens (including phenoxy) is 3. The Hall–Kier alpha value is -4.35. The molecule has 0 saturated carbocycles. The molecule has 40 heavy (non-hydrogen) atoms. The zero-order chi connectivity index (χ0) is 28.1. The fourth-order valence-electron chi connectivity index (χ4n) is 4.06. The Morgan fingerprint density at radius 1 is 1.00 bits per heavy atom. The summed E-state index contributed by atoms with van der Waals surface area (Å²) in [5, 5.41) is 4.10. The molecule has 0 fully saturated rings. The number of carbonyl (C=O) groups excluding carboxylic acids is 1. The van der Waals surface area contributed by atoms with Crippen LogP contribution in [-0.4, -0.2) is 34.4 Å². The summed E-state index contributed by atoms with van der Waals surface area (Å²) in [6.07, 6.45) is 1.46. The third kappa shape index (κ3) is 5.80. The molecule has 4 aromatic carbocycles. The zero-order valence-electron chi connectivity index (χ0n) is 21.3. The molecule has 1 N–H and O–H groups in total. The first-order chi connectivity index (χ1) is 19.4. The summed E-state index contributed by atoms with van der Waals surface area (Å²) in [6, 6.07) is 25.3. The number of nitrogens with zero attached hydrogens (tertiary/aromatic N) is 2. The van der Waals surface area contributed by atoms with E-state index in [2.05, 4.69) is 26.5 Å². The van der Waals surface area contributed by atoms with Crippen LogP contribution in [0.1, 0.15) is 21.5 Å². The van der Waals surface area contributed by atoms with Gasteiger partial charge >= 0.3 is 0 Å². The molecule has 0 atom stereocenters. The minimum atomic E-state index is -4.08. The van der Waals surface area contributed by atoms with Crippen LogP contribution in [0.4, 0.5) is 5.69 Å². The van der Waals surface area contributed by atoms with Crippen molar-refractivity contribution in [2.45, 2.75) is 11.4 Å². The van der Waals surface area contributed by atoms with Crippen LogP contribution in [0.15, 0.2) is 105 Å². The highest BCUT2D eigenvalue weighted by atomic mass is 79.9. The number of fused-ring (bicyclic) bond motifs is 1. The molecule has 0 aliphatic carbocycles. The summed E-state index contributed by atoms with van der Waals surface area (Å²) in [6.45, 7) is 0.141. The van der Waals surface area contributed by atoms with Crippen LogP contribution in [0, 0.1) is 0 Å². The van der Waals surface area contributed by atoms with Gasteiger partial charge in [-0.2, -0.15) is 5.10 Å². The average Bonchev–Trinajstić information content (AvgIpc) is 3.43. The van der Waals surface area contributed by atoms with Gasteiger partial charge in [0.2, 0.25) is 6.79 Å². The molecule has 0 bridgehead atoms. The molecule has 9 nitrogen and oxygen atoms in total. The number of hydrogen-bond acceptors (Lipinski definition) is 7. The molecule has 1 amide bonds. The predicted octanol–water partition coefficient (Wildman–Crippen LogP) is 5.35. The van der Waals surface area contributed by atoms with Crippen LogP contribution in [0.3, 0.4) is 0 Å². The van der Waals surface area contributed by atoms with E-state index in [4.69, 9.17) is 14.2 Å². The van der Waals surface area contributed by atoms with E-state index >= 15 is 0 Å². The number of sulfonamides is 1. The number of benzene rings is 4. The number of rotatable bonds is 9. The van der Waals surface area contributed by atoms with Gasteiger partial charge in [0.05, 0.1) is 36.0 Å². The first kappa shape index (κ1) is 27.2. The molecule has 0 spiro atoms. The quantitative estimate of drug-likeness (QED) is 0.200. The van der Waals surface area contributed by atoms with Crippen molar-refractivity contribution >= 4 is 43.8 Å². The lowest BCUT2D eigenvalue weighted by Gasteiger charge is -2.26.